The van der Waals surface area contributed by atoms with Gasteiger partial charge < -0.3 is 20.3 Å². The summed E-state index contributed by atoms with van der Waals surface area (Å²) in [5.41, 5.74) is 0. The average molecular weight is 971 g/mol. The minimum absolute atomic E-state index is 0.00746. The van der Waals surface area contributed by atoms with Crippen LogP contribution in [-0.2, 0) is 14.3 Å². The fraction of sp³-hybridized carbons (Fsp3) is 0.873. The minimum atomic E-state index is -0.842. The molecule has 0 saturated heterocycles. The number of hydrogen-bond acceptors (Lipinski definition) is 5. The standard InChI is InChI=1S/C63H119NO5/c1-3-5-7-9-11-13-15-16-17-18-28-31-34-37-41-45-49-53-57-63(68)69-58-54-50-46-42-38-35-32-29-26-24-22-20-19-21-23-25-27-30-33-36-40-44-48-52-56-62(67)64-60(59-65)61(66)55-51-47-43-39-14-12-10-8-6-4-2/h13,15,17-18,51,55,60-61,65-66H,3-12,14,16,19-50,52-54,56-59H2,1-2H3,(H,64,67)/b15-13-,18-17-,55-51+. The molecule has 0 radical (unpaired) electrons. The lowest BCUT2D eigenvalue weighted by Gasteiger charge is -2.20. The van der Waals surface area contributed by atoms with Crippen molar-refractivity contribution in [2.75, 3.05) is 13.2 Å². The number of unbranched alkanes of at least 4 members (excludes halogenated alkanes) is 42. The van der Waals surface area contributed by atoms with Crippen LogP contribution in [0.2, 0.25) is 0 Å². The van der Waals surface area contributed by atoms with E-state index in [1.807, 2.05) is 6.08 Å². The molecule has 3 N–H and O–H groups in total. The van der Waals surface area contributed by atoms with Crippen molar-refractivity contribution in [1.29, 1.82) is 0 Å². The van der Waals surface area contributed by atoms with E-state index in [4.69, 9.17) is 4.74 Å². The highest BCUT2D eigenvalue weighted by Gasteiger charge is 2.18. The van der Waals surface area contributed by atoms with Gasteiger partial charge in [-0.05, 0) is 64.2 Å². The summed E-state index contributed by atoms with van der Waals surface area (Å²) in [4.78, 5) is 24.5. The largest absolute Gasteiger partial charge is 0.466 e. The molecule has 69 heavy (non-hydrogen) atoms. The molecule has 6 heteroatoms. The van der Waals surface area contributed by atoms with Crippen molar-refractivity contribution in [3.05, 3.63) is 36.5 Å². The number of rotatable bonds is 57. The molecule has 0 aliphatic carbocycles. The van der Waals surface area contributed by atoms with Gasteiger partial charge >= 0.3 is 5.97 Å². The fourth-order valence-corrected chi connectivity index (χ4v) is 9.43. The number of allylic oxidation sites excluding steroid dienone is 5. The summed E-state index contributed by atoms with van der Waals surface area (Å²) in [5, 5.41) is 23.0. The van der Waals surface area contributed by atoms with E-state index in [1.54, 1.807) is 6.08 Å². The van der Waals surface area contributed by atoms with E-state index >= 15 is 0 Å². The summed E-state index contributed by atoms with van der Waals surface area (Å²) in [6.45, 7) is 4.87. The van der Waals surface area contributed by atoms with Crippen LogP contribution in [0.3, 0.4) is 0 Å². The van der Waals surface area contributed by atoms with Crippen molar-refractivity contribution in [2.45, 2.75) is 341 Å². The molecule has 0 heterocycles. The molecule has 406 valence electrons. The lowest BCUT2D eigenvalue weighted by atomic mass is 10.0. The second-order valence-corrected chi connectivity index (χ2v) is 21.0. The number of hydrogen-bond donors (Lipinski definition) is 3. The van der Waals surface area contributed by atoms with Crippen molar-refractivity contribution < 1.29 is 24.5 Å². The highest BCUT2D eigenvalue weighted by atomic mass is 16.5. The zero-order valence-corrected chi connectivity index (χ0v) is 46.3. The summed E-state index contributed by atoms with van der Waals surface area (Å²) in [6, 6.07) is -0.625. The van der Waals surface area contributed by atoms with Gasteiger partial charge in [-0.1, -0.05) is 288 Å². The van der Waals surface area contributed by atoms with E-state index < -0.39 is 12.1 Å². The molecular formula is C63H119NO5. The van der Waals surface area contributed by atoms with Gasteiger partial charge in [-0.3, -0.25) is 9.59 Å². The molecule has 2 unspecified atom stereocenters. The number of nitrogens with one attached hydrogen (secondary N) is 1. The Bertz CT molecular complexity index is 1120. The van der Waals surface area contributed by atoms with Crippen LogP contribution in [0.1, 0.15) is 328 Å². The van der Waals surface area contributed by atoms with Crippen LogP contribution in [0.15, 0.2) is 36.5 Å². The summed E-state index contributed by atoms with van der Waals surface area (Å²) in [5.74, 6) is -0.0609. The maximum absolute atomic E-state index is 12.4. The Morgan fingerprint density at radius 3 is 1.12 bits per heavy atom. The quantitative estimate of drug-likeness (QED) is 0.0321. The van der Waals surface area contributed by atoms with E-state index in [2.05, 4.69) is 43.5 Å². The number of aliphatic hydroxyl groups is 2. The van der Waals surface area contributed by atoms with Gasteiger partial charge in [0.2, 0.25) is 5.91 Å². The van der Waals surface area contributed by atoms with Crippen molar-refractivity contribution in [1.82, 2.24) is 5.32 Å². The van der Waals surface area contributed by atoms with E-state index in [0.717, 1.165) is 51.4 Å². The van der Waals surface area contributed by atoms with Gasteiger partial charge in [-0.15, -0.1) is 0 Å². The summed E-state index contributed by atoms with van der Waals surface area (Å²) in [7, 11) is 0. The summed E-state index contributed by atoms with van der Waals surface area (Å²) >= 11 is 0. The predicted octanol–water partition coefficient (Wildman–Crippen LogP) is 19.2. The van der Waals surface area contributed by atoms with Gasteiger partial charge in [-0.25, -0.2) is 0 Å². The third-order valence-electron chi connectivity index (χ3n) is 14.2. The maximum Gasteiger partial charge on any atom is 0.305 e. The van der Waals surface area contributed by atoms with Gasteiger partial charge in [0.1, 0.15) is 0 Å². The third kappa shape index (κ3) is 55.2. The van der Waals surface area contributed by atoms with Crippen molar-refractivity contribution in [3.63, 3.8) is 0 Å². The van der Waals surface area contributed by atoms with Crippen molar-refractivity contribution in [2.24, 2.45) is 0 Å². The lowest BCUT2D eigenvalue weighted by Crippen LogP contribution is -2.45. The van der Waals surface area contributed by atoms with E-state index in [-0.39, 0.29) is 18.5 Å². The molecule has 2 atom stereocenters. The maximum atomic E-state index is 12.4. The average Bonchev–Trinajstić information content (AvgIpc) is 3.35. The first kappa shape index (κ1) is 67.1. The SMILES string of the molecule is CCCCCC/C=C\C/C=C\CCCCCCCCCC(=O)OCCCCCCCCCCCCCCCCCCCCCCCCCCC(=O)NC(CO)C(O)/C=C/CCCCCCCCCC. The van der Waals surface area contributed by atoms with Crippen LogP contribution < -0.4 is 5.32 Å². The number of carbonyl (C=O) groups excluding carboxylic acids is 2. The second kappa shape index (κ2) is 58.6. The molecule has 0 aromatic carbocycles. The molecule has 0 fully saturated rings. The second-order valence-electron chi connectivity index (χ2n) is 21.0. The Morgan fingerprint density at radius 2 is 0.725 bits per heavy atom. The van der Waals surface area contributed by atoms with Gasteiger partial charge in [0.15, 0.2) is 0 Å². The molecule has 0 saturated carbocycles. The fourth-order valence-electron chi connectivity index (χ4n) is 9.43. The smallest absolute Gasteiger partial charge is 0.305 e. The molecule has 0 aliphatic heterocycles. The van der Waals surface area contributed by atoms with Crippen LogP contribution in [0.5, 0.6) is 0 Å². The number of carbonyl (C=O) groups is 2. The van der Waals surface area contributed by atoms with Crippen molar-refractivity contribution in [3.8, 4) is 0 Å². The molecular weight excluding hydrogens is 851 g/mol. The van der Waals surface area contributed by atoms with Crippen LogP contribution in [0, 0.1) is 0 Å². The van der Waals surface area contributed by atoms with E-state index in [1.165, 1.54) is 250 Å². The topological polar surface area (TPSA) is 95.9 Å². The van der Waals surface area contributed by atoms with Crippen LogP contribution in [0.25, 0.3) is 0 Å². The monoisotopic (exact) mass is 970 g/mol. The Labute approximate surface area is 430 Å². The normalized spacial score (nSPS) is 12.8. The zero-order valence-electron chi connectivity index (χ0n) is 46.3. The zero-order chi connectivity index (χ0) is 50.0. The third-order valence-corrected chi connectivity index (χ3v) is 14.2. The van der Waals surface area contributed by atoms with Crippen LogP contribution in [0.4, 0.5) is 0 Å². The van der Waals surface area contributed by atoms with Gasteiger partial charge in [0, 0.05) is 12.8 Å². The number of aliphatic hydroxyl groups excluding tert-OH is 2. The number of amides is 1. The molecule has 0 spiro atoms. The molecule has 0 aromatic heterocycles. The van der Waals surface area contributed by atoms with Gasteiger partial charge in [-0.2, -0.15) is 0 Å². The van der Waals surface area contributed by atoms with Crippen LogP contribution >= 0.6 is 0 Å². The molecule has 0 aliphatic rings. The molecule has 0 rings (SSSR count). The number of esters is 1. The van der Waals surface area contributed by atoms with Gasteiger partial charge in [0.25, 0.3) is 0 Å². The highest BCUT2D eigenvalue weighted by molar-refractivity contribution is 5.76. The highest BCUT2D eigenvalue weighted by Crippen LogP contribution is 2.17. The van der Waals surface area contributed by atoms with E-state index in [0.29, 0.717) is 19.4 Å². The van der Waals surface area contributed by atoms with Crippen molar-refractivity contribution >= 4 is 11.9 Å². The van der Waals surface area contributed by atoms with Crippen LogP contribution in [-0.4, -0.2) is 47.4 Å². The Kier molecular flexibility index (Phi) is 57.0. The molecule has 0 aromatic rings. The predicted molar refractivity (Wildman–Crippen MR) is 301 cm³/mol. The first-order chi connectivity index (χ1) is 34.0. The van der Waals surface area contributed by atoms with E-state index in [9.17, 15) is 19.8 Å². The van der Waals surface area contributed by atoms with Gasteiger partial charge in [0.05, 0.1) is 25.4 Å². The summed E-state index contributed by atoms with van der Waals surface area (Å²) < 4.78 is 5.49. The Balaban J connectivity index is 3.35. The first-order valence-electron chi connectivity index (χ1n) is 30.8. The molecule has 6 nitrogen and oxygen atoms in total. The molecule has 0 bridgehead atoms. The Hall–Kier alpha value is -1.92. The Morgan fingerprint density at radius 1 is 0.406 bits per heavy atom. The first-order valence-corrected chi connectivity index (χ1v) is 30.8. The molecule has 1 amide bonds. The summed E-state index contributed by atoms with van der Waals surface area (Å²) in [6.07, 6.45) is 73.3. The number of ether oxygens (including phenoxy) is 1. The lowest BCUT2D eigenvalue weighted by molar-refractivity contribution is -0.143. The minimum Gasteiger partial charge on any atom is -0.466 e.